The first-order valence-corrected chi connectivity index (χ1v) is 5.76. The van der Waals surface area contributed by atoms with Crippen molar-refractivity contribution in [2.45, 2.75) is 58.1 Å². The molecule has 0 aromatic carbocycles. The van der Waals surface area contributed by atoms with Crippen LogP contribution in [0, 0.1) is 0 Å². The fourth-order valence-electron chi connectivity index (χ4n) is 1.43. The van der Waals surface area contributed by atoms with Crippen LogP contribution in [0.3, 0.4) is 0 Å². The summed E-state index contributed by atoms with van der Waals surface area (Å²) in [5, 5.41) is 21.2. The predicted octanol–water partition coefficient (Wildman–Crippen LogP) is 1.38. The minimum atomic E-state index is -0.827. The molecule has 0 fully saturated rings. The third kappa shape index (κ3) is 7.33. The van der Waals surface area contributed by atoms with Crippen molar-refractivity contribution in [3.05, 3.63) is 0 Å². The highest BCUT2D eigenvalue weighted by atomic mass is 16.4. The van der Waals surface area contributed by atoms with Crippen LogP contribution in [-0.2, 0) is 4.79 Å². The van der Waals surface area contributed by atoms with Gasteiger partial charge in [0.15, 0.2) is 0 Å². The zero-order valence-corrected chi connectivity index (χ0v) is 9.70. The van der Waals surface area contributed by atoms with E-state index in [4.69, 9.17) is 5.11 Å². The Balaban J connectivity index is 3.79. The van der Waals surface area contributed by atoms with Crippen molar-refractivity contribution >= 4 is 5.97 Å². The van der Waals surface area contributed by atoms with E-state index in [2.05, 4.69) is 5.32 Å². The van der Waals surface area contributed by atoms with E-state index in [1.54, 1.807) is 0 Å². The Hall–Kier alpha value is -0.610. The average molecular weight is 217 g/mol. The fraction of sp³-hybridized carbons (Fsp3) is 0.909. The molecule has 2 atom stereocenters. The molecule has 0 spiro atoms. The van der Waals surface area contributed by atoms with Gasteiger partial charge in [-0.1, -0.05) is 33.1 Å². The van der Waals surface area contributed by atoms with E-state index in [1.807, 2.05) is 13.8 Å². The van der Waals surface area contributed by atoms with E-state index in [0.29, 0.717) is 19.4 Å². The van der Waals surface area contributed by atoms with Crippen LogP contribution in [0.2, 0.25) is 0 Å². The van der Waals surface area contributed by atoms with Crippen LogP contribution in [-0.4, -0.2) is 34.9 Å². The molecule has 0 aromatic rings. The number of aliphatic hydroxyl groups is 1. The van der Waals surface area contributed by atoms with Gasteiger partial charge in [-0.05, 0) is 12.8 Å². The van der Waals surface area contributed by atoms with Crippen molar-refractivity contribution in [2.75, 3.05) is 6.54 Å². The van der Waals surface area contributed by atoms with Crippen LogP contribution in [0.25, 0.3) is 0 Å². The van der Waals surface area contributed by atoms with E-state index in [0.717, 1.165) is 19.3 Å². The highest BCUT2D eigenvalue weighted by Crippen LogP contribution is 2.02. The van der Waals surface area contributed by atoms with E-state index in [-0.39, 0.29) is 0 Å². The molecule has 2 unspecified atom stereocenters. The predicted molar refractivity (Wildman–Crippen MR) is 59.9 cm³/mol. The van der Waals surface area contributed by atoms with Crippen molar-refractivity contribution in [3.8, 4) is 0 Å². The van der Waals surface area contributed by atoms with Gasteiger partial charge in [0.25, 0.3) is 0 Å². The van der Waals surface area contributed by atoms with Gasteiger partial charge in [0, 0.05) is 6.54 Å². The Morgan fingerprint density at radius 3 is 2.40 bits per heavy atom. The maximum absolute atomic E-state index is 10.8. The topological polar surface area (TPSA) is 69.6 Å². The lowest BCUT2D eigenvalue weighted by molar-refractivity contribution is -0.139. The van der Waals surface area contributed by atoms with E-state index in [9.17, 15) is 9.90 Å². The van der Waals surface area contributed by atoms with Crippen molar-refractivity contribution in [1.29, 1.82) is 0 Å². The van der Waals surface area contributed by atoms with Crippen LogP contribution in [0.5, 0.6) is 0 Å². The number of nitrogens with one attached hydrogen (secondary N) is 1. The second-order valence-corrected chi connectivity index (χ2v) is 3.88. The smallest absolute Gasteiger partial charge is 0.320 e. The first-order chi connectivity index (χ1) is 7.11. The van der Waals surface area contributed by atoms with Gasteiger partial charge in [0.1, 0.15) is 6.04 Å². The molecule has 0 aliphatic heterocycles. The number of aliphatic carboxylic acids is 1. The molecule has 0 aromatic heterocycles. The van der Waals surface area contributed by atoms with Gasteiger partial charge in [-0.15, -0.1) is 0 Å². The van der Waals surface area contributed by atoms with Gasteiger partial charge < -0.3 is 15.5 Å². The summed E-state index contributed by atoms with van der Waals surface area (Å²) >= 11 is 0. The zero-order valence-electron chi connectivity index (χ0n) is 9.70. The maximum Gasteiger partial charge on any atom is 0.320 e. The highest BCUT2D eigenvalue weighted by Gasteiger charge is 2.16. The molecule has 0 rings (SSSR count). The molecule has 90 valence electrons. The molecular formula is C11H23NO3. The minimum absolute atomic E-state index is 0.370. The molecule has 4 heteroatoms. The highest BCUT2D eigenvalue weighted by molar-refractivity contribution is 5.73. The molecule has 0 amide bonds. The summed E-state index contributed by atoms with van der Waals surface area (Å²) in [5.74, 6) is -0.827. The third-order valence-corrected chi connectivity index (χ3v) is 2.37. The van der Waals surface area contributed by atoms with E-state index >= 15 is 0 Å². The SMILES string of the molecule is CCCCC(NCC(O)CCC)C(=O)O. The molecule has 0 aliphatic rings. The summed E-state index contributed by atoms with van der Waals surface area (Å²) in [5.41, 5.74) is 0. The lowest BCUT2D eigenvalue weighted by Crippen LogP contribution is -2.40. The largest absolute Gasteiger partial charge is 0.480 e. The fourth-order valence-corrected chi connectivity index (χ4v) is 1.43. The average Bonchev–Trinajstić information content (AvgIpc) is 2.17. The third-order valence-electron chi connectivity index (χ3n) is 2.37. The first kappa shape index (κ1) is 14.4. The number of unbranched alkanes of at least 4 members (excludes halogenated alkanes) is 1. The second kappa shape index (κ2) is 8.68. The van der Waals surface area contributed by atoms with Crippen LogP contribution in [0.1, 0.15) is 46.0 Å². The Morgan fingerprint density at radius 1 is 1.27 bits per heavy atom. The van der Waals surface area contributed by atoms with Gasteiger partial charge in [0.2, 0.25) is 0 Å². The summed E-state index contributed by atoms with van der Waals surface area (Å²) in [4.78, 5) is 10.8. The van der Waals surface area contributed by atoms with Gasteiger partial charge >= 0.3 is 5.97 Å². The molecule has 15 heavy (non-hydrogen) atoms. The van der Waals surface area contributed by atoms with Gasteiger partial charge in [-0.25, -0.2) is 0 Å². The zero-order chi connectivity index (χ0) is 11.7. The normalized spacial score (nSPS) is 14.9. The monoisotopic (exact) mass is 217 g/mol. The minimum Gasteiger partial charge on any atom is -0.480 e. The Bertz CT molecular complexity index is 173. The number of carboxylic acid groups (broad SMARTS) is 1. The molecule has 0 saturated carbocycles. The van der Waals surface area contributed by atoms with Crippen molar-refractivity contribution in [3.63, 3.8) is 0 Å². The van der Waals surface area contributed by atoms with Crippen LogP contribution >= 0.6 is 0 Å². The van der Waals surface area contributed by atoms with E-state index in [1.165, 1.54) is 0 Å². The maximum atomic E-state index is 10.8. The lowest BCUT2D eigenvalue weighted by Gasteiger charge is -2.16. The number of carbonyl (C=O) groups is 1. The Morgan fingerprint density at radius 2 is 1.93 bits per heavy atom. The van der Waals surface area contributed by atoms with Crippen LogP contribution in [0.15, 0.2) is 0 Å². The van der Waals surface area contributed by atoms with Gasteiger partial charge in [-0.2, -0.15) is 0 Å². The van der Waals surface area contributed by atoms with E-state index < -0.39 is 18.1 Å². The molecule has 0 radical (unpaired) electrons. The molecule has 0 saturated heterocycles. The van der Waals surface area contributed by atoms with Crippen molar-refractivity contribution in [1.82, 2.24) is 5.32 Å². The Kier molecular flexibility index (Phi) is 8.33. The quantitative estimate of drug-likeness (QED) is 0.545. The second-order valence-electron chi connectivity index (χ2n) is 3.88. The molecule has 0 bridgehead atoms. The number of carboxylic acids is 1. The summed E-state index contributed by atoms with van der Waals surface area (Å²) in [6.07, 6.45) is 3.71. The summed E-state index contributed by atoms with van der Waals surface area (Å²) in [6.45, 7) is 4.40. The number of hydrogen-bond donors (Lipinski definition) is 3. The summed E-state index contributed by atoms with van der Waals surface area (Å²) < 4.78 is 0. The number of hydrogen-bond acceptors (Lipinski definition) is 3. The van der Waals surface area contributed by atoms with Crippen LogP contribution in [0.4, 0.5) is 0 Å². The molecule has 0 aliphatic carbocycles. The number of aliphatic hydroxyl groups excluding tert-OH is 1. The standard InChI is InChI=1S/C11H23NO3/c1-3-5-7-10(11(14)15)12-8-9(13)6-4-2/h9-10,12-13H,3-8H2,1-2H3,(H,14,15). The van der Waals surface area contributed by atoms with Crippen LogP contribution < -0.4 is 5.32 Å². The summed E-state index contributed by atoms with van der Waals surface area (Å²) in [6, 6.07) is -0.517. The first-order valence-electron chi connectivity index (χ1n) is 5.76. The van der Waals surface area contributed by atoms with Crippen molar-refractivity contribution in [2.24, 2.45) is 0 Å². The van der Waals surface area contributed by atoms with Gasteiger partial charge in [0.05, 0.1) is 6.10 Å². The molecular weight excluding hydrogens is 194 g/mol. The molecule has 0 heterocycles. The van der Waals surface area contributed by atoms with Crippen molar-refractivity contribution < 1.29 is 15.0 Å². The lowest BCUT2D eigenvalue weighted by atomic mass is 10.1. The van der Waals surface area contributed by atoms with Gasteiger partial charge in [-0.3, -0.25) is 4.79 Å². The Labute approximate surface area is 91.7 Å². The molecule has 4 nitrogen and oxygen atoms in total. The summed E-state index contributed by atoms with van der Waals surface area (Å²) in [7, 11) is 0. The molecule has 3 N–H and O–H groups in total. The number of rotatable bonds is 9.